The smallest absolute Gasteiger partial charge is 0.360 e. The summed E-state index contributed by atoms with van der Waals surface area (Å²) < 4.78 is 29.5. The zero-order chi connectivity index (χ0) is 14.9. The Bertz CT molecular complexity index is 608. The minimum Gasteiger partial charge on any atom is -0.464 e. The molecule has 112 valence electrons. The van der Waals surface area contributed by atoms with Gasteiger partial charge >= 0.3 is 5.97 Å². The Labute approximate surface area is 118 Å². The van der Waals surface area contributed by atoms with E-state index >= 15 is 0 Å². The van der Waals surface area contributed by atoms with E-state index in [0.29, 0.717) is 12.8 Å². The summed E-state index contributed by atoms with van der Waals surface area (Å²) in [7, 11) is -1.79. The lowest BCUT2D eigenvalue weighted by molar-refractivity contribution is 0.0593. The molecule has 2 atom stereocenters. The first kappa shape index (κ1) is 14.8. The quantitative estimate of drug-likeness (QED) is 0.827. The number of aromatic nitrogens is 2. The number of rotatable bonds is 3. The fourth-order valence-corrected chi connectivity index (χ4v) is 3.76. The second kappa shape index (κ2) is 5.43. The highest BCUT2D eigenvalue weighted by atomic mass is 32.2. The van der Waals surface area contributed by atoms with Crippen LogP contribution in [0.4, 0.5) is 5.69 Å². The maximum Gasteiger partial charge on any atom is 0.360 e. The van der Waals surface area contributed by atoms with Crippen LogP contribution in [0.5, 0.6) is 0 Å². The molecule has 1 aliphatic carbocycles. The van der Waals surface area contributed by atoms with Crippen LogP contribution in [0, 0.1) is 0 Å². The van der Waals surface area contributed by atoms with Crippen molar-refractivity contribution in [3.8, 4) is 0 Å². The number of sulfone groups is 1. The summed E-state index contributed by atoms with van der Waals surface area (Å²) in [6.45, 7) is 0. The van der Waals surface area contributed by atoms with Gasteiger partial charge in [-0.25, -0.2) is 13.2 Å². The largest absolute Gasteiger partial charge is 0.464 e. The molecule has 2 N–H and O–H groups in total. The minimum absolute atomic E-state index is 0.0517. The maximum absolute atomic E-state index is 11.7. The molecule has 0 saturated heterocycles. The molecule has 8 heteroatoms. The van der Waals surface area contributed by atoms with E-state index in [9.17, 15) is 13.2 Å². The molecule has 20 heavy (non-hydrogen) atoms. The van der Waals surface area contributed by atoms with Gasteiger partial charge in [0.15, 0.2) is 5.69 Å². The van der Waals surface area contributed by atoms with Crippen molar-refractivity contribution >= 4 is 21.5 Å². The third-order valence-electron chi connectivity index (χ3n) is 3.72. The number of esters is 1. The predicted octanol–water partition coefficient (Wildman–Crippen LogP) is 0.780. The van der Waals surface area contributed by atoms with E-state index in [0.717, 1.165) is 12.8 Å². The van der Waals surface area contributed by atoms with Crippen LogP contribution in [-0.2, 0) is 14.6 Å². The van der Waals surface area contributed by atoms with Crippen molar-refractivity contribution < 1.29 is 17.9 Å². The number of carbonyl (C=O) groups excluding carboxylic acids is 1. The summed E-state index contributed by atoms with van der Waals surface area (Å²) in [5.74, 6) is -0.586. The van der Waals surface area contributed by atoms with Gasteiger partial charge in [-0.3, -0.25) is 4.68 Å². The van der Waals surface area contributed by atoms with Crippen LogP contribution < -0.4 is 5.73 Å². The third kappa shape index (κ3) is 2.95. The Balaban J connectivity index is 2.22. The second-order valence-corrected chi connectivity index (χ2v) is 7.50. The van der Waals surface area contributed by atoms with Crippen molar-refractivity contribution in [2.24, 2.45) is 0 Å². The molecule has 0 radical (unpaired) electrons. The van der Waals surface area contributed by atoms with Crippen molar-refractivity contribution in [1.29, 1.82) is 0 Å². The van der Waals surface area contributed by atoms with E-state index in [1.54, 1.807) is 10.9 Å². The zero-order valence-electron chi connectivity index (χ0n) is 11.6. The van der Waals surface area contributed by atoms with Crippen molar-refractivity contribution in [1.82, 2.24) is 9.78 Å². The van der Waals surface area contributed by atoms with Crippen molar-refractivity contribution in [3.05, 3.63) is 11.9 Å². The Morgan fingerprint density at radius 3 is 2.80 bits per heavy atom. The SMILES string of the molecule is COC(=O)c1nn(C2CCCC(S(C)(=O)=O)C2)cc1N. The number of ether oxygens (including phenoxy) is 1. The summed E-state index contributed by atoms with van der Waals surface area (Å²) in [5, 5.41) is 3.79. The third-order valence-corrected chi connectivity index (χ3v) is 5.36. The molecule has 2 unspecified atom stereocenters. The van der Waals surface area contributed by atoms with E-state index in [4.69, 9.17) is 5.73 Å². The highest BCUT2D eigenvalue weighted by Crippen LogP contribution is 2.32. The van der Waals surface area contributed by atoms with Crippen molar-refractivity contribution in [2.75, 3.05) is 19.1 Å². The monoisotopic (exact) mass is 301 g/mol. The molecule has 1 fully saturated rings. The average Bonchev–Trinajstić information content (AvgIpc) is 2.79. The molecule has 1 heterocycles. The molecule has 7 nitrogen and oxygen atoms in total. The molecule has 0 aliphatic heterocycles. The van der Waals surface area contributed by atoms with Gasteiger partial charge < -0.3 is 10.5 Å². The van der Waals surface area contributed by atoms with Gasteiger partial charge in [0.25, 0.3) is 0 Å². The van der Waals surface area contributed by atoms with Gasteiger partial charge in [0.05, 0.1) is 24.1 Å². The first-order valence-electron chi connectivity index (χ1n) is 6.44. The van der Waals surface area contributed by atoms with Gasteiger partial charge in [-0.1, -0.05) is 6.42 Å². The van der Waals surface area contributed by atoms with E-state index in [1.165, 1.54) is 13.4 Å². The number of nitrogens with two attached hydrogens (primary N) is 1. The molecule has 0 aromatic carbocycles. The molecule has 1 aromatic rings. The fourth-order valence-electron chi connectivity index (χ4n) is 2.60. The average molecular weight is 301 g/mol. The minimum atomic E-state index is -3.06. The molecule has 1 saturated carbocycles. The first-order valence-corrected chi connectivity index (χ1v) is 8.40. The lowest BCUT2D eigenvalue weighted by atomic mass is 9.95. The van der Waals surface area contributed by atoms with Gasteiger partial charge in [-0.15, -0.1) is 0 Å². The maximum atomic E-state index is 11.7. The predicted molar refractivity (Wildman–Crippen MR) is 74.1 cm³/mol. The van der Waals surface area contributed by atoms with E-state index < -0.39 is 15.8 Å². The Morgan fingerprint density at radius 1 is 1.50 bits per heavy atom. The summed E-state index contributed by atoms with van der Waals surface area (Å²) in [6, 6.07) is -0.0517. The number of hydrogen-bond donors (Lipinski definition) is 1. The first-order chi connectivity index (χ1) is 9.32. The molecular weight excluding hydrogens is 282 g/mol. The van der Waals surface area contributed by atoms with E-state index in [2.05, 4.69) is 9.84 Å². The number of nitrogens with zero attached hydrogens (tertiary/aromatic N) is 2. The summed E-state index contributed by atoms with van der Waals surface area (Å²) >= 11 is 0. The van der Waals surface area contributed by atoms with Gasteiger partial charge in [0.1, 0.15) is 9.84 Å². The van der Waals surface area contributed by atoms with E-state index in [-0.39, 0.29) is 22.7 Å². The summed E-state index contributed by atoms with van der Waals surface area (Å²) in [4.78, 5) is 11.5. The molecular formula is C12H19N3O4S. The number of carbonyl (C=O) groups is 1. The number of hydrogen-bond acceptors (Lipinski definition) is 6. The lowest BCUT2D eigenvalue weighted by Gasteiger charge is -2.28. The van der Waals surface area contributed by atoms with Crippen LogP contribution in [0.25, 0.3) is 0 Å². The highest BCUT2D eigenvalue weighted by Gasteiger charge is 2.31. The van der Waals surface area contributed by atoms with Crippen LogP contribution >= 0.6 is 0 Å². The Hall–Kier alpha value is -1.57. The van der Waals surface area contributed by atoms with Crippen LogP contribution in [0.15, 0.2) is 6.20 Å². The zero-order valence-corrected chi connectivity index (χ0v) is 12.4. The highest BCUT2D eigenvalue weighted by molar-refractivity contribution is 7.91. The molecule has 1 aromatic heterocycles. The Morgan fingerprint density at radius 2 is 2.20 bits per heavy atom. The molecule has 0 amide bonds. The van der Waals surface area contributed by atoms with Crippen LogP contribution in [0.2, 0.25) is 0 Å². The number of anilines is 1. The lowest BCUT2D eigenvalue weighted by Crippen LogP contribution is -2.29. The molecule has 1 aliphatic rings. The van der Waals surface area contributed by atoms with Gasteiger partial charge in [-0.05, 0) is 19.3 Å². The number of nitrogen functional groups attached to an aromatic ring is 1. The van der Waals surface area contributed by atoms with Crippen molar-refractivity contribution in [2.45, 2.75) is 37.0 Å². The summed E-state index contributed by atoms with van der Waals surface area (Å²) in [5.41, 5.74) is 6.07. The van der Waals surface area contributed by atoms with Crippen LogP contribution in [-0.4, -0.2) is 42.8 Å². The molecule has 0 spiro atoms. The van der Waals surface area contributed by atoms with Gasteiger partial charge in [0, 0.05) is 12.5 Å². The topological polar surface area (TPSA) is 104 Å². The van der Waals surface area contributed by atoms with Gasteiger partial charge in [-0.2, -0.15) is 5.10 Å². The normalized spacial score (nSPS) is 23.5. The van der Waals surface area contributed by atoms with Gasteiger partial charge in [0.2, 0.25) is 0 Å². The second-order valence-electron chi connectivity index (χ2n) is 5.18. The van der Waals surface area contributed by atoms with Crippen LogP contribution in [0.3, 0.4) is 0 Å². The standard InChI is InChI=1S/C12H19N3O4S/c1-19-12(16)11-10(13)7-15(14-11)8-4-3-5-9(6-8)20(2,17)18/h7-9H,3-6,13H2,1-2H3. The van der Waals surface area contributed by atoms with Crippen LogP contribution in [0.1, 0.15) is 42.2 Å². The molecule has 0 bridgehead atoms. The molecule has 2 rings (SSSR count). The summed E-state index contributed by atoms with van der Waals surface area (Å²) in [6.07, 6.45) is 5.65. The fraction of sp³-hybridized carbons (Fsp3) is 0.667. The van der Waals surface area contributed by atoms with Crippen molar-refractivity contribution in [3.63, 3.8) is 0 Å². The number of methoxy groups -OCH3 is 1. The Kier molecular flexibility index (Phi) is 4.03. The van der Waals surface area contributed by atoms with E-state index in [1.807, 2.05) is 0 Å².